The normalized spacial score (nSPS) is 12.2. The average Bonchev–Trinajstić information content (AvgIpc) is 2.41. The number of hydrogen-bond acceptors (Lipinski definition) is 3. The van der Waals surface area contributed by atoms with Crippen molar-refractivity contribution in [1.82, 2.24) is 4.98 Å². The lowest BCUT2D eigenvalue weighted by Gasteiger charge is -2.14. The molecule has 0 fully saturated rings. The number of aromatic nitrogens is 1. The molecule has 2 aromatic rings. The van der Waals surface area contributed by atoms with Crippen molar-refractivity contribution >= 4 is 0 Å². The summed E-state index contributed by atoms with van der Waals surface area (Å²) in [6, 6.07) is 7.79. The highest BCUT2D eigenvalue weighted by molar-refractivity contribution is 5.33. The molecule has 0 aliphatic carbocycles. The summed E-state index contributed by atoms with van der Waals surface area (Å²) in [5.74, 6) is 0.266. The Hall–Kier alpha value is -1.94. The van der Waals surface area contributed by atoms with E-state index < -0.39 is 6.10 Å². The van der Waals surface area contributed by atoms with Crippen LogP contribution < -0.4 is 4.74 Å². The second-order valence-corrected chi connectivity index (χ2v) is 3.96. The molecule has 1 aromatic heterocycles. The van der Waals surface area contributed by atoms with Crippen LogP contribution in [0.25, 0.3) is 0 Å². The molecular formula is C14H14FNO2. The van der Waals surface area contributed by atoms with Crippen LogP contribution in [0.15, 0.2) is 42.7 Å². The molecule has 18 heavy (non-hydrogen) atoms. The number of rotatable bonds is 4. The van der Waals surface area contributed by atoms with E-state index in [4.69, 9.17) is 4.74 Å². The zero-order chi connectivity index (χ0) is 13.0. The summed E-state index contributed by atoms with van der Waals surface area (Å²) in [6.45, 7) is 0. The smallest absolute Gasteiger partial charge is 0.142 e. The first kappa shape index (κ1) is 12.5. The highest BCUT2D eigenvalue weighted by atomic mass is 19.1. The van der Waals surface area contributed by atoms with Gasteiger partial charge in [-0.3, -0.25) is 4.98 Å². The maximum Gasteiger partial charge on any atom is 0.142 e. The third kappa shape index (κ3) is 2.84. The van der Waals surface area contributed by atoms with Gasteiger partial charge in [-0.05, 0) is 23.8 Å². The minimum Gasteiger partial charge on any atom is -0.495 e. The summed E-state index contributed by atoms with van der Waals surface area (Å²) in [6.07, 6.45) is 2.86. The van der Waals surface area contributed by atoms with Crippen LogP contribution in [-0.2, 0) is 6.42 Å². The van der Waals surface area contributed by atoms with Crippen molar-refractivity contribution in [3.63, 3.8) is 0 Å². The lowest BCUT2D eigenvalue weighted by Crippen LogP contribution is -2.04. The zero-order valence-corrected chi connectivity index (χ0v) is 10.0. The van der Waals surface area contributed by atoms with E-state index in [-0.39, 0.29) is 5.82 Å². The Morgan fingerprint density at radius 3 is 2.67 bits per heavy atom. The number of aliphatic hydroxyl groups is 1. The minimum atomic E-state index is -0.701. The van der Waals surface area contributed by atoms with Gasteiger partial charge < -0.3 is 9.84 Å². The van der Waals surface area contributed by atoms with Crippen LogP contribution in [0.1, 0.15) is 17.2 Å². The number of methoxy groups -OCH3 is 1. The lowest BCUT2D eigenvalue weighted by molar-refractivity contribution is 0.174. The van der Waals surface area contributed by atoms with Gasteiger partial charge in [-0.25, -0.2) is 4.39 Å². The van der Waals surface area contributed by atoms with Crippen LogP contribution in [-0.4, -0.2) is 17.2 Å². The summed E-state index contributed by atoms with van der Waals surface area (Å²) < 4.78 is 17.9. The fourth-order valence-electron chi connectivity index (χ4n) is 1.79. The van der Waals surface area contributed by atoms with Crippen LogP contribution in [0, 0.1) is 5.82 Å². The molecule has 1 atom stereocenters. The van der Waals surface area contributed by atoms with Crippen LogP contribution >= 0.6 is 0 Å². The van der Waals surface area contributed by atoms with Crippen molar-refractivity contribution in [3.8, 4) is 5.75 Å². The van der Waals surface area contributed by atoms with Crippen molar-refractivity contribution in [3.05, 3.63) is 59.7 Å². The van der Waals surface area contributed by atoms with Gasteiger partial charge in [0.25, 0.3) is 0 Å². The minimum absolute atomic E-state index is 0.283. The number of nitrogens with zero attached hydrogens (tertiary/aromatic N) is 1. The summed E-state index contributed by atoms with van der Waals surface area (Å²) in [5, 5.41) is 10.2. The Balaban J connectivity index is 2.16. The predicted molar refractivity (Wildman–Crippen MR) is 65.9 cm³/mol. The topological polar surface area (TPSA) is 42.4 Å². The van der Waals surface area contributed by atoms with Gasteiger partial charge in [0.15, 0.2) is 0 Å². The Labute approximate surface area is 105 Å². The standard InChI is InChI=1S/C14H14FNO2/c1-18-14-9-16-7-6-12(14)13(17)8-10-2-4-11(15)5-3-10/h2-7,9,13,17H,8H2,1H3. The van der Waals surface area contributed by atoms with Crippen LogP contribution in [0.4, 0.5) is 4.39 Å². The predicted octanol–water partition coefficient (Wildman–Crippen LogP) is 2.51. The van der Waals surface area contributed by atoms with Crippen molar-refractivity contribution in [2.75, 3.05) is 7.11 Å². The Bertz CT molecular complexity index is 513. The van der Waals surface area contributed by atoms with E-state index in [9.17, 15) is 9.50 Å². The van der Waals surface area contributed by atoms with Crippen molar-refractivity contribution in [1.29, 1.82) is 0 Å². The Morgan fingerprint density at radius 2 is 2.00 bits per heavy atom. The Morgan fingerprint density at radius 1 is 1.28 bits per heavy atom. The van der Waals surface area contributed by atoms with Crippen molar-refractivity contribution in [2.24, 2.45) is 0 Å². The monoisotopic (exact) mass is 247 g/mol. The number of ether oxygens (including phenoxy) is 1. The first-order valence-electron chi connectivity index (χ1n) is 5.61. The van der Waals surface area contributed by atoms with E-state index in [0.717, 1.165) is 5.56 Å². The quantitative estimate of drug-likeness (QED) is 0.902. The number of aliphatic hydroxyl groups excluding tert-OH is 1. The zero-order valence-electron chi connectivity index (χ0n) is 10.0. The van der Waals surface area contributed by atoms with Crippen LogP contribution in [0.3, 0.4) is 0 Å². The van der Waals surface area contributed by atoms with Gasteiger partial charge in [-0.1, -0.05) is 12.1 Å². The molecule has 1 aromatic carbocycles. The molecule has 1 unspecified atom stereocenters. The van der Waals surface area contributed by atoms with E-state index >= 15 is 0 Å². The highest BCUT2D eigenvalue weighted by Crippen LogP contribution is 2.26. The number of halogens is 1. The molecule has 0 bridgehead atoms. The number of pyridine rings is 1. The third-order valence-corrected chi connectivity index (χ3v) is 2.74. The first-order valence-corrected chi connectivity index (χ1v) is 5.61. The fraction of sp³-hybridized carbons (Fsp3) is 0.214. The van der Waals surface area contributed by atoms with Gasteiger partial charge in [-0.15, -0.1) is 0 Å². The molecule has 0 spiro atoms. The van der Waals surface area contributed by atoms with Gasteiger partial charge >= 0.3 is 0 Å². The van der Waals surface area contributed by atoms with Gasteiger partial charge in [0.2, 0.25) is 0 Å². The maximum absolute atomic E-state index is 12.8. The molecule has 1 N–H and O–H groups in total. The van der Waals surface area contributed by atoms with E-state index in [0.29, 0.717) is 17.7 Å². The van der Waals surface area contributed by atoms with Gasteiger partial charge in [0.05, 0.1) is 19.4 Å². The largest absolute Gasteiger partial charge is 0.495 e. The molecular weight excluding hydrogens is 233 g/mol. The second kappa shape index (κ2) is 5.60. The summed E-state index contributed by atoms with van der Waals surface area (Å²) in [7, 11) is 1.53. The second-order valence-electron chi connectivity index (χ2n) is 3.96. The van der Waals surface area contributed by atoms with E-state index in [1.54, 1.807) is 30.6 Å². The molecule has 0 amide bonds. The van der Waals surface area contributed by atoms with Gasteiger partial charge in [0, 0.05) is 18.2 Å². The third-order valence-electron chi connectivity index (χ3n) is 2.74. The lowest BCUT2D eigenvalue weighted by atomic mass is 10.0. The fourth-order valence-corrected chi connectivity index (χ4v) is 1.79. The maximum atomic E-state index is 12.8. The van der Waals surface area contributed by atoms with E-state index in [1.165, 1.54) is 19.2 Å². The number of hydrogen-bond donors (Lipinski definition) is 1. The Kier molecular flexibility index (Phi) is 3.89. The SMILES string of the molecule is COc1cnccc1C(O)Cc1ccc(F)cc1. The van der Waals surface area contributed by atoms with Gasteiger partial charge in [0.1, 0.15) is 11.6 Å². The average molecular weight is 247 g/mol. The molecule has 0 aliphatic rings. The molecule has 1 heterocycles. The van der Waals surface area contributed by atoms with Crippen LogP contribution in [0.2, 0.25) is 0 Å². The van der Waals surface area contributed by atoms with Crippen molar-refractivity contribution in [2.45, 2.75) is 12.5 Å². The molecule has 2 rings (SSSR count). The molecule has 94 valence electrons. The highest BCUT2D eigenvalue weighted by Gasteiger charge is 2.13. The molecule has 3 nitrogen and oxygen atoms in total. The molecule has 4 heteroatoms. The van der Waals surface area contributed by atoms with E-state index in [2.05, 4.69) is 4.98 Å². The van der Waals surface area contributed by atoms with Crippen molar-refractivity contribution < 1.29 is 14.2 Å². The molecule has 0 aliphatic heterocycles. The molecule has 0 saturated carbocycles. The first-order chi connectivity index (χ1) is 8.70. The van der Waals surface area contributed by atoms with Gasteiger partial charge in [-0.2, -0.15) is 0 Å². The molecule has 0 saturated heterocycles. The summed E-state index contributed by atoms with van der Waals surface area (Å²) in [4.78, 5) is 3.93. The van der Waals surface area contributed by atoms with E-state index in [1.807, 2.05) is 0 Å². The summed E-state index contributed by atoms with van der Waals surface area (Å²) in [5.41, 5.74) is 1.54. The number of benzene rings is 1. The molecule has 0 radical (unpaired) electrons. The summed E-state index contributed by atoms with van der Waals surface area (Å²) >= 11 is 0. The van der Waals surface area contributed by atoms with Crippen LogP contribution in [0.5, 0.6) is 5.75 Å².